The highest BCUT2D eigenvalue weighted by atomic mass is 79.9. The zero-order chi connectivity index (χ0) is 21.1. The monoisotopic (exact) mass is 522 g/mol. The molecule has 0 N–H and O–H groups in total. The van der Waals surface area contributed by atoms with E-state index in [4.69, 9.17) is 14.2 Å². The molecule has 0 unspecified atom stereocenters. The Morgan fingerprint density at radius 2 is 1.59 bits per heavy atom. The highest BCUT2D eigenvalue weighted by molar-refractivity contribution is 9.11. The van der Waals surface area contributed by atoms with E-state index in [-0.39, 0.29) is 17.0 Å². The van der Waals surface area contributed by atoms with E-state index in [2.05, 4.69) is 37.0 Å². The normalized spacial score (nSPS) is 10.5. The quantitative estimate of drug-likeness (QED) is 0.453. The lowest BCUT2D eigenvalue weighted by Gasteiger charge is -2.09. The van der Waals surface area contributed by atoms with Crippen LogP contribution in [0.25, 0.3) is 16.9 Å². The van der Waals surface area contributed by atoms with Crippen molar-refractivity contribution in [1.29, 1.82) is 0 Å². The average Bonchev–Trinajstić information content (AvgIpc) is 3.13. The van der Waals surface area contributed by atoms with Gasteiger partial charge in [0, 0.05) is 10.0 Å². The first-order chi connectivity index (χ1) is 13.9. The number of nitrogens with zero attached hydrogens (tertiary/aromatic N) is 2. The van der Waals surface area contributed by atoms with Gasteiger partial charge in [0.15, 0.2) is 5.69 Å². The summed E-state index contributed by atoms with van der Waals surface area (Å²) in [4.78, 5) is 25.3. The van der Waals surface area contributed by atoms with Gasteiger partial charge >= 0.3 is 11.9 Å². The van der Waals surface area contributed by atoms with Crippen LogP contribution in [-0.2, 0) is 9.47 Å². The maximum absolute atomic E-state index is 12.7. The molecule has 0 aliphatic rings. The minimum Gasteiger partial charge on any atom is -0.496 e. The van der Waals surface area contributed by atoms with Crippen molar-refractivity contribution in [3.8, 4) is 22.7 Å². The molecule has 0 aliphatic heterocycles. The van der Waals surface area contributed by atoms with E-state index in [0.29, 0.717) is 25.9 Å². The summed E-state index contributed by atoms with van der Waals surface area (Å²) < 4.78 is 18.0. The van der Waals surface area contributed by atoms with Crippen LogP contribution in [0.3, 0.4) is 0 Å². The third-order valence-electron chi connectivity index (χ3n) is 4.15. The SMILES string of the molecule is COC(=O)c1c(-c2cc(OC)c(Br)cc2Br)nn(-c2ccccc2)c1C(=O)OC. The fraction of sp³-hybridized carbons (Fsp3) is 0.150. The lowest BCUT2D eigenvalue weighted by Crippen LogP contribution is -2.15. The highest BCUT2D eigenvalue weighted by Gasteiger charge is 2.32. The van der Waals surface area contributed by atoms with Crippen LogP contribution >= 0.6 is 31.9 Å². The fourth-order valence-electron chi connectivity index (χ4n) is 2.81. The molecule has 150 valence electrons. The maximum Gasteiger partial charge on any atom is 0.357 e. The van der Waals surface area contributed by atoms with Gasteiger partial charge < -0.3 is 14.2 Å². The molecule has 0 amide bonds. The number of para-hydroxylation sites is 1. The first-order valence-electron chi connectivity index (χ1n) is 8.31. The van der Waals surface area contributed by atoms with Crippen LogP contribution < -0.4 is 4.74 Å². The van der Waals surface area contributed by atoms with Gasteiger partial charge in [0.05, 0.1) is 31.5 Å². The van der Waals surface area contributed by atoms with Gasteiger partial charge in [0.1, 0.15) is 17.0 Å². The topological polar surface area (TPSA) is 79.7 Å². The Kier molecular flexibility index (Phi) is 6.39. The van der Waals surface area contributed by atoms with Gasteiger partial charge in [-0.15, -0.1) is 0 Å². The molecule has 7 nitrogen and oxygen atoms in total. The van der Waals surface area contributed by atoms with Crippen LogP contribution in [0.15, 0.2) is 51.4 Å². The molecular weight excluding hydrogens is 508 g/mol. The van der Waals surface area contributed by atoms with Crippen LogP contribution in [0, 0.1) is 0 Å². The molecule has 0 radical (unpaired) electrons. The highest BCUT2D eigenvalue weighted by Crippen LogP contribution is 2.39. The standard InChI is InChI=1S/C20H16Br2N2O5/c1-27-15-9-12(13(21)10-14(15)22)17-16(19(25)28-2)18(20(26)29-3)24(23-17)11-7-5-4-6-8-11/h4-10H,1-3H3. The summed E-state index contributed by atoms with van der Waals surface area (Å²) in [5, 5.41) is 4.57. The second-order valence-electron chi connectivity index (χ2n) is 5.77. The van der Waals surface area contributed by atoms with Crippen molar-refractivity contribution in [3.05, 3.63) is 62.7 Å². The Labute approximate surface area is 183 Å². The largest absolute Gasteiger partial charge is 0.496 e. The first-order valence-corrected chi connectivity index (χ1v) is 9.90. The Bertz CT molecular complexity index is 1080. The van der Waals surface area contributed by atoms with E-state index >= 15 is 0 Å². The minimum atomic E-state index is -0.715. The van der Waals surface area contributed by atoms with Crippen LogP contribution in [0.1, 0.15) is 20.8 Å². The van der Waals surface area contributed by atoms with Crippen molar-refractivity contribution in [1.82, 2.24) is 9.78 Å². The minimum absolute atomic E-state index is 0.00622. The zero-order valence-corrected chi connectivity index (χ0v) is 18.9. The van der Waals surface area contributed by atoms with Gasteiger partial charge in [0.2, 0.25) is 0 Å². The number of hydrogen-bond donors (Lipinski definition) is 0. The molecule has 0 bridgehead atoms. The zero-order valence-electron chi connectivity index (χ0n) is 15.7. The fourth-order valence-corrected chi connectivity index (χ4v) is 4.15. The van der Waals surface area contributed by atoms with E-state index in [1.54, 1.807) is 36.4 Å². The number of rotatable bonds is 5. The molecule has 3 aromatic rings. The van der Waals surface area contributed by atoms with Crippen molar-refractivity contribution in [2.24, 2.45) is 0 Å². The van der Waals surface area contributed by atoms with E-state index in [1.807, 2.05) is 6.07 Å². The average molecular weight is 524 g/mol. The molecule has 1 aromatic heterocycles. The molecule has 29 heavy (non-hydrogen) atoms. The third kappa shape index (κ3) is 3.92. The first kappa shape index (κ1) is 21.1. The number of hydrogen-bond acceptors (Lipinski definition) is 6. The van der Waals surface area contributed by atoms with Crippen molar-refractivity contribution in [2.45, 2.75) is 0 Å². The molecule has 0 saturated heterocycles. The number of aromatic nitrogens is 2. The predicted molar refractivity (Wildman–Crippen MR) is 114 cm³/mol. The molecule has 0 aliphatic carbocycles. The van der Waals surface area contributed by atoms with Crippen molar-refractivity contribution >= 4 is 43.8 Å². The van der Waals surface area contributed by atoms with E-state index in [0.717, 1.165) is 0 Å². The summed E-state index contributed by atoms with van der Waals surface area (Å²) in [7, 11) is 4.01. The van der Waals surface area contributed by atoms with Crippen LogP contribution in [0.5, 0.6) is 5.75 Å². The van der Waals surface area contributed by atoms with Gasteiger partial charge in [-0.1, -0.05) is 34.1 Å². The van der Waals surface area contributed by atoms with Crippen LogP contribution in [0.2, 0.25) is 0 Å². The van der Waals surface area contributed by atoms with Crippen molar-refractivity contribution < 1.29 is 23.8 Å². The maximum atomic E-state index is 12.7. The Morgan fingerprint density at radius 3 is 2.17 bits per heavy atom. The summed E-state index contributed by atoms with van der Waals surface area (Å²) in [6, 6.07) is 12.4. The summed E-state index contributed by atoms with van der Waals surface area (Å²) in [6.07, 6.45) is 0. The smallest absolute Gasteiger partial charge is 0.357 e. The molecular formula is C20H16Br2N2O5. The molecule has 0 fully saturated rings. The van der Waals surface area contributed by atoms with Gasteiger partial charge in [0.25, 0.3) is 0 Å². The van der Waals surface area contributed by atoms with Gasteiger partial charge in [-0.2, -0.15) is 5.10 Å². The molecule has 9 heteroatoms. The van der Waals surface area contributed by atoms with Gasteiger partial charge in [-0.05, 0) is 40.2 Å². The Hall–Kier alpha value is -2.65. The number of methoxy groups -OCH3 is 3. The third-order valence-corrected chi connectivity index (χ3v) is 5.43. The molecule has 0 atom stereocenters. The molecule has 0 saturated carbocycles. The van der Waals surface area contributed by atoms with E-state index in [9.17, 15) is 9.59 Å². The number of carbonyl (C=O) groups excluding carboxylic acids is 2. The van der Waals surface area contributed by atoms with Crippen molar-refractivity contribution in [3.63, 3.8) is 0 Å². The van der Waals surface area contributed by atoms with E-state index < -0.39 is 11.9 Å². The predicted octanol–water partition coefficient (Wildman–Crippen LogP) is 4.65. The van der Waals surface area contributed by atoms with Crippen molar-refractivity contribution in [2.75, 3.05) is 21.3 Å². The molecule has 3 rings (SSSR count). The summed E-state index contributed by atoms with van der Waals surface area (Å²) in [5.74, 6) is -0.891. The molecule has 2 aromatic carbocycles. The number of ether oxygens (including phenoxy) is 3. The summed E-state index contributed by atoms with van der Waals surface area (Å²) in [6.45, 7) is 0. The second-order valence-corrected chi connectivity index (χ2v) is 7.48. The number of carbonyl (C=O) groups is 2. The number of esters is 2. The molecule has 1 heterocycles. The lowest BCUT2D eigenvalue weighted by molar-refractivity contribution is 0.0549. The Morgan fingerprint density at radius 1 is 0.931 bits per heavy atom. The molecule has 0 spiro atoms. The Balaban J connectivity index is 2.40. The number of benzene rings is 2. The second kappa shape index (κ2) is 8.79. The lowest BCUT2D eigenvalue weighted by atomic mass is 10.1. The van der Waals surface area contributed by atoms with Crippen LogP contribution in [0.4, 0.5) is 0 Å². The summed E-state index contributed by atoms with van der Waals surface area (Å²) in [5.41, 5.74) is 1.34. The van der Waals surface area contributed by atoms with Gasteiger partial charge in [-0.3, -0.25) is 0 Å². The van der Waals surface area contributed by atoms with E-state index in [1.165, 1.54) is 26.0 Å². The summed E-state index contributed by atoms with van der Waals surface area (Å²) >= 11 is 6.91. The van der Waals surface area contributed by atoms with Crippen LogP contribution in [-0.4, -0.2) is 43.0 Å². The van der Waals surface area contributed by atoms with Gasteiger partial charge in [-0.25, -0.2) is 14.3 Å². The number of halogens is 2.